The summed E-state index contributed by atoms with van der Waals surface area (Å²) in [7, 11) is 0. The van der Waals surface area contributed by atoms with Gasteiger partial charge >= 0.3 is 0 Å². The largest absolute Gasteiger partial charge is 0.356 e. The van der Waals surface area contributed by atoms with E-state index in [0.29, 0.717) is 13.0 Å². The fraction of sp³-hybridized carbons (Fsp3) is 0.364. The van der Waals surface area contributed by atoms with Gasteiger partial charge in [-0.3, -0.25) is 4.79 Å². The van der Waals surface area contributed by atoms with Crippen LogP contribution in [0, 0.1) is 0 Å². The lowest BCUT2D eigenvalue weighted by atomic mass is 10.0. The molecule has 0 aliphatic heterocycles. The fourth-order valence-corrected chi connectivity index (χ4v) is 1.29. The molecule has 1 aromatic rings. The molecule has 0 aromatic heterocycles. The van der Waals surface area contributed by atoms with Crippen molar-refractivity contribution in [1.29, 1.82) is 0 Å². The first kappa shape index (κ1) is 10.7. The van der Waals surface area contributed by atoms with Crippen molar-refractivity contribution < 1.29 is 4.79 Å². The Morgan fingerprint density at radius 3 is 2.64 bits per heavy atom. The maximum absolute atomic E-state index is 11.2. The monoisotopic (exact) mass is 192 g/mol. The van der Waals surface area contributed by atoms with Gasteiger partial charge in [-0.1, -0.05) is 30.3 Å². The summed E-state index contributed by atoms with van der Waals surface area (Å²) in [4.78, 5) is 11.2. The lowest BCUT2D eigenvalue weighted by molar-refractivity contribution is -0.121. The van der Waals surface area contributed by atoms with E-state index in [0.717, 1.165) is 5.56 Å². The summed E-state index contributed by atoms with van der Waals surface area (Å²) < 4.78 is 0. The standard InChI is InChI=1S/C11H16N2O/c1-2-13-11(14)8-10(12)9-6-4-3-5-7-9/h3-7,10H,2,8,12H2,1H3,(H,13,14). The van der Waals surface area contributed by atoms with Gasteiger partial charge in [0.25, 0.3) is 0 Å². The molecular weight excluding hydrogens is 176 g/mol. The second-order valence-electron chi connectivity index (χ2n) is 3.17. The van der Waals surface area contributed by atoms with Crippen LogP contribution in [-0.2, 0) is 4.79 Å². The van der Waals surface area contributed by atoms with E-state index in [2.05, 4.69) is 5.32 Å². The molecule has 3 nitrogen and oxygen atoms in total. The Labute approximate surface area is 84.3 Å². The molecule has 1 amide bonds. The van der Waals surface area contributed by atoms with Crippen molar-refractivity contribution >= 4 is 5.91 Å². The van der Waals surface area contributed by atoms with E-state index in [-0.39, 0.29) is 11.9 Å². The second kappa shape index (κ2) is 5.40. The minimum absolute atomic E-state index is 0.00357. The minimum atomic E-state index is -0.206. The highest BCUT2D eigenvalue weighted by atomic mass is 16.1. The maximum atomic E-state index is 11.2. The smallest absolute Gasteiger partial charge is 0.221 e. The first-order chi connectivity index (χ1) is 6.74. The third kappa shape index (κ3) is 3.18. The van der Waals surface area contributed by atoms with E-state index in [1.165, 1.54) is 0 Å². The number of rotatable bonds is 4. The molecule has 0 fully saturated rings. The van der Waals surface area contributed by atoms with Crippen LogP contribution in [0.4, 0.5) is 0 Å². The van der Waals surface area contributed by atoms with Gasteiger partial charge in [0.05, 0.1) is 0 Å². The van der Waals surface area contributed by atoms with Crippen LogP contribution in [0.5, 0.6) is 0 Å². The Bertz CT molecular complexity index is 285. The molecule has 0 spiro atoms. The highest BCUT2D eigenvalue weighted by Gasteiger charge is 2.09. The third-order valence-electron chi connectivity index (χ3n) is 2.01. The zero-order chi connectivity index (χ0) is 10.4. The van der Waals surface area contributed by atoms with Gasteiger partial charge in [0.2, 0.25) is 5.91 Å². The summed E-state index contributed by atoms with van der Waals surface area (Å²) in [6, 6.07) is 9.44. The van der Waals surface area contributed by atoms with Crippen LogP contribution in [0.25, 0.3) is 0 Å². The lowest BCUT2D eigenvalue weighted by Crippen LogP contribution is -2.27. The normalized spacial score (nSPS) is 12.1. The number of amides is 1. The topological polar surface area (TPSA) is 55.1 Å². The molecule has 0 saturated carbocycles. The molecule has 0 aliphatic rings. The van der Waals surface area contributed by atoms with Crippen LogP contribution in [0.15, 0.2) is 30.3 Å². The molecule has 76 valence electrons. The van der Waals surface area contributed by atoms with Crippen molar-refractivity contribution in [3.05, 3.63) is 35.9 Å². The highest BCUT2D eigenvalue weighted by molar-refractivity contribution is 5.76. The Balaban J connectivity index is 2.50. The van der Waals surface area contributed by atoms with E-state index < -0.39 is 0 Å². The van der Waals surface area contributed by atoms with E-state index in [9.17, 15) is 4.79 Å². The first-order valence-electron chi connectivity index (χ1n) is 4.81. The second-order valence-corrected chi connectivity index (χ2v) is 3.17. The molecule has 3 heteroatoms. The number of carbonyl (C=O) groups excluding carboxylic acids is 1. The zero-order valence-electron chi connectivity index (χ0n) is 8.36. The van der Waals surface area contributed by atoms with Gasteiger partial charge in [0.15, 0.2) is 0 Å². The Morgan fingerprint density at radius 1 is 1.43 bits per heavy atom. The minimum Gasteiger partial charge on any atom is -0.356 e. The molecule has 1 atom stereocenters. The van der Waals surface area contributed by atoms with Crippen molar-refractivity contribution in [3.63, 3.8) is 0 Å². The summed E-state index contributed by atoms with van der Waals surface area (Å²) in [6.07, 6.45) is 0.345. The molecule has 0 saturated heterocycles. The van der Waals surface area contributed by atoms with Crippen LogP contribution in [0.2, 0.25) is 0 Å². The predicted octanol–water partition coefficient (Wildman–Crippen LogP) is 1.21. The molecule has 0 heterocycles. The number of benzene rings is 1. The molecular formula is C11H16N2O. The zero-order valence-corrected chi connectivity index (χ0v) is 8.36. The Morgan fingerprint density at radius 2 is 2.07 bits per heavy atom. The van der Waals surface area contributed by atoms with E-state index >= 15 is 0 Å². The molecule has 1 unspecified atom stereocenters. The van der Waals surface area contributed by atoms with Crippen molar-refractivity contribution in [2.24, 2.45) is 5.73 Å². The summed E-state index contributed by atoms with van der Waals surface area (Å²) in [5.74, 6) is 0.00357. The molecule has 3 N–H and O–H groups in total. The van der Waals surface area contributed by atoms with Crippen LogP contribution < -0.4 is 11.1 Å². The third-order valence-corrected chi connectivity index (χ3v) is 2.01. The number of carbonyl (C=O) groups is 1. The van der Waals surface area contributed by atoms with E-state index in [1.54, 1.807) is 0 Å². The van der Waals surface area contributed by atoms with Gasteiger partial charge in [0.1, 0.15) is 0 Å². The van der Waals surface area contributed by atoms with Crippen molar-refractivity contribution in [1.82, 2.24) is 5.32 Å². The average molecular weight is 192 g/mol. The molecule has 1 rings (SSSR count). The maximum Gasteiger partial charge on any atom is 0.221 e. The quantitative estimate of drug-likeness (QED) is 0.753. The summed E-state index contributed by atoms with van der Waals surface area (Å²) >= 11 is 0. The van der Waals surface area contributed by atoms with Crippen LogP contribution in [-0.4, -0.2) is 12.5 Å². The Kier molecular flexibility index (Phi) is 4.13. The van der Waals surface area contributed by atoms with E-state index in [4.69, 9.17) is 5.73 Å². The Hall–Kier alpha value is -1.35. The van der Waals surface area contributed by atoms with Gasteiger partial charge in [-0.25, -0.2) is 0 Å². The fourth-order valence-electron chi connectivity index (χ4n) is 1.29. The number of nitrogens with two attached hydrogens (primary N) is 1. The van der Waals surface area contributed by atoms with Gasteiger partial charge in [-0.2, -0.15) is 0 Å². The van der Waals surface area contributed by atoms with Crippen LogP contribution in [0.1, 0.15) is 24.9 Å². The van der Waals surface area contributed by atoms with Crippen molar-refractivity contribution in [2.45, 2.75) is 19.4 Å². The number of nitrogens with one attached hydrogen (secondary N) is 1. The highest BCUT2D eigenvalue weighted by Crippen LogP contribution is 2.12. The summed E-state index contributed by atoms with van der Waals surface area (Å²) in [5.41, 5.74) is 6.86. The van der Waals surface area contributed by atoms with Crippen LogP contribution in [0.3, 0.4) is 0 Å². The van der Waals surface area contributed by atoms with Gasteiger partial charge < -0.3 is 11.1 Å². The molecule has 14 heavy (non-hydrogen) atoms. The predicted molar refractivity (Wildman–Crippen MR) is 56.7 cm³/mol. The van der Waals surface area contributed by atoms with Gasteiger partial charge in [-0.15, -0.1) is 0 Å². The molecule has 0 bridgehead atoms. The lowest BCUT2D eigenvalue weighted by Gasteiger charge is -2.11. The van der Waals surface area contributed by atoms with E-state index in [1.807, 2.05) is 37.3 Å². The molecule has 1 aromatic carbocycles. The average Bonchev–Trinajstić information content (AvgIpc) is 2.19. The van der Waals surface area contributed by atoms with Crippen LogP contribution >= 0.6 is 0 Å². The SMILES string of the molecule is CCNC(=O)CC(N)c1ccccc1. The van der Waals surface area contributed by atoms with Crippen molar-refractivity contribution in [3.8, 4) is 0 Å². The van der Waals surface area contributed by atoms with Gasteiger partial charge in [-0.05, 0) is 12.5 Å². The number of hydrogen-bond acceptors (Lipinski definition) is 2. The number of hydrogen-bond donors (Lipinski definition) is 2. The molecule has 0 radical (unpaired) electrons. The molecule has 0 aliphatic carbocycles. The first-order valence-corrected chi connectivity index (χ1v) is 4.81. The summed E-state index contributed by atoms with van der Waals surface area (Å²) in [6.45, 7) is 2.55. The van der Waals surface area contributed by atoms with Crippen molar-refractivity contribution in [2.75, 3.05) is 6.54 Å². The van der Waals surface area contributed by atoms with Gasteiger partial charge in [0, 0.05) is 19.0 Å². The summed E-state index contributed by atoms with van der Waals surface area (Å²) in [5, 5.41) is 2.73.